The number of hydrogen-bond acceptors (Lipinski definition) is 2. The Morgan fingerprint density at radius 3 is 1.67 bits per heavy atom. The van der Waals surface area contributed by atoms with E-state index in [1.165, 1.54) is 6.92 Å². The Bertz CT molecular complexity index is 1620. The minimum absolute atomic E-state index is 0.0415. The molecule has 0 N–H and O–H groups in total. The lowest BCUT2D eigenvalue weighted by atomic mass is 9.89. The smallest absolute Gasteiger partial charge is 0.166 e. The fourth-order valence-electron chi connectivity index (χ4n) is 4.60. The van der Waals surface area contributed by atoms with Gasteiger partial charge in [0, 0.05) is 21.9 Å². The van der Waals surface area contributed by atoms with Gasteiger partial charge in [-0.05, 0) is 53.9 Å². The highest BCUT2D eigenvalue weighted by Crippen LogP contribution is 2.46. The average molecular weight is 496 g/mol. The van der Waals surface area contributed by atoms with E-state index in [2.05, 4.69) is 10.2 Å². The number of aromatic nitrogens is 2. The first-order valence-electron chi connectivity index (χ1n) is 11.0. The number of hydrogen-bond donors (Lipinski definition) is 0. The Morgan fingerprint density at radius 2 is 1.11 bits per heavy atom. The van der Waals surface area contributed by atoms with E-state index in [-0.39, 0.29) is 16.8 Å². The topological polar surface area (TPSA) is 25.8 Å². The number of nitrogens with zero attached hydrogens (tertiary/aromatic N) is 2. The van der Waals surface area contributed by atoms with Crippen molar-refractivity contribution < 1.29 is 26.3 Å². The second-order valence-electron chi connectivity index (χ2n) is 8.60. The lowest BCUT2D eigenvalue weighted by molar-refractivity contribution is -0.162. The second-order valence-corrected chi connectivity index (χ2v) is 8.60. The van der Waals surface area contributed by atoms with E-state index in [1.54, 1.807) is 6.07 Å². The molecule has 0 aliphatic heterocycles. The van der Waals surface area contributed by atoms with E-state index in [1.807, 2.05) is 60.7 Å². The lowest BCUT2D eigenvalue weighted by Crippen LogP contribution is -2.19. The third kappa shape index (κ3) is 3.96. The van der Waals surface area contributed by atoms with Gasteiger partial charge in [0.15, 0.2) is 0 Å². The molecule has 0 spiro atoms. The first-order chi connectivity index (χ1) is 17.0. The van der Waals surface area contributed by atoms with Crippen molar-refractivity contribution in [1.29, 1.82) is 0 Å². The maximum Gasteiger partial charge on any atom is 0.417 e. The minimum Gasteiger partial charge on any atom is -0.166 e. The zero-order valence-corrected chi connectivity index (χ0v) is 19.1. The maximum atomic E-state index is 13.9. The van der Waals surface area contributed by atoms with Crippen LogP contribution in [0.4, 0.5) is 26.3 Å². The van der Waals surface area contributed by atoms with Crippen molar-refractivity contribution in [2.24, 2.45) is 0 Å². The number of halogens is 6. The summed E-state index contributed by atoms with van der Waals surface area (Å²) in [5.74, 6) is 0. The van der Waals surface area contributed by atoms with Crippen molar-refractivity contribution in [3.63, 3.8) is 0 Å². The first kappa shape index (κ1) is 23.8. The molecule has 0 saturated heterocycles. The monoisotopic (exact) mass is 496 g/mol. The zero-order valence-electron chi connectivity index (χ0n) is 19.1. The third-order valence-electron chi connectivity index (χ3n) is 6.44. The van der Waals surface area contributed by atoms with Crippen molar-refractivity contribution >= 4 is 21.5 Å². The predicted molar refractivity (Wildman–Crippen MR) is 127 cm³/mol. The summed E-state index contributed by atoms with van der Waals surface area (Å²) in [5, 5.41) is 11.5. The summed E-state index contributed by atoms with van der Waals surface area (Å²) in [7, 11) is 0. The van der Waals surface area contributed by atoms with Crippen LogP contribution in [0.15, 0.2) is 72.8 Å². The quantitative estimate of drug-likeness (QED) is 0.180. The summed E-state index contributed by atoms with van der Waals surface area (Å²) in [6.07, 6.45) is -10.4. The zero-order chi connectivity index (χ0) is 25.8. The third-order valence-corrected chi connectivity index (χ3v) is 6.44. The molecule has 1 heterocycles. The van der Waals surface area contributed by atoms with E-state index >= 15 is 0 Å². The van der Waals surface area contributed by atoms with Gasteiger partial charge >= 0.3 is 12.4 Å². The summed E-state index contributed by atoms with van der Waals surface area (Å²) < 4.78 is 82.7. The highest BCUT2D eigenvalue weighted by atomic mass is 19.4. The second kappa shape index (κ2) is 8.33. The normalized spacial score (nSPS) is 12.4. The molecule has 0 atom stereocenters. The number of fused-ring (bicyclic) bond motifs is 2. The van der Waals surface area contributed by atoms with Crippen LogP contribution >= 0.6 is 0 Å². The summed E-state index contributed by atoms with van der Waals surface area (Å²) in [4.78, 5) is 0. The molecule has 2 nitrogen and oxygen atoms in total. The molecular formula is C28H18F6N2. The molecule has 4 aromatic carbocycles. The van der Waals surface area contributed by atoms with E-state index < -0.39 is 29.0 Å². The highest BCUT2D eigenvalue weighted by Gasteiger charge is 2.45. The van der Waals surface area contributed by atoms with Crippen molar-refractivity contribution in [2.75, 3.05) is 0 Å². The van der Waals surface area contributed by atoms with Gasteiger partial charge in [0.05, 0.1) is 11.1 Å². The standard InChI is InChI=1S/C28H18F6N2/c1-15-16(2)24(28(32,33)34)23(27(29,30)31)14-20(15)26-22-13-19-11-7-6-10-18(19)12-21(22)25(35-36-26)17-8-4-3-5-9-17/h3-14H,1-2H3. The Labute approximate surface area is 202 Å². The Morgan fingerprint density at radius 1 is 0.583 bits per heavy atom. The largest absolute Gasteiger partial charge is 0.417 e. The fourth-order valence-corrected chi connectivity index (χ4v) is 4.60. The van der Waals surface area contributed by atoms with Crippen molar-refractivity contribution in [1.82, 2.24) is 10.2 Å². The van der Waals surface area contributed by atoms with Gasteiger partial charge in [0.25, 0.3) is 0 Å². The van der Waals surface area contributed by atoms with E-state index in [4.69, 9.17) is 0 Å². The summed E-state index contributed by atoms with van der Waals surface area (Å²) >= 11 is 0. The molecule has 1 aromatic heterocycles. The van der Waals surface area contributed by atoms with Crippen LogP contribution in [0.3, 0.4) is 0 Å². The summed E-state index contributed by atoms with van der Waals surface area (Å²) in [5.41, 5.74) is -2.52. The molecule has 0 radical (unpaired) electrons. The van der Waals surface area contributed by atoms with Crippen molar-refractivity contribution in [2.45, 2.75) is 26.2 Å². The Hall–Kier alpha value is -3.94. The molecule has 0 aliphatic carbocycles. The van der Waals surface area contributed by atoms with Gasteiger partial charge in [-0.1, -0.05) is 54.6 Å². The van der Waals surface area contributed by atoms with E-state index in [0.717, 1.165) is 23.3 Å². The van der Waals surface area contributed by atoms with E-state index in [9.17, 15) is 26.3 Å². The SMILES string of the molecule is Cc1c(-c2nnc(-c3ccccc3)c3cc4ccccc4cc23)cc(C(F)(F)F)c(C(F)(F)F)c1C. The maximum absolute atomic E-state index is 13.9. The number of benzene rings is 4. The molecule has 5 rings (SSSR count). The van der Waals surface area contributed by atoms with Crippen LogP contribution in [0.1, 0.15) is 22.3 Å². The van der Waals surface area contributed by atoms with Gasteiger partial charge in [-0.3, -0.25) is 0 Å². The molecule has 0 bridgehead atoms. The van der Waals surface area contributed by atoms with Crippen LogP contribution in [0.2, 0.25) is 0 Å². The summed E-state index contributed by atoms with van der Waals surface area (Å²) in [6, 6.07) is 20.9. The molecule has 0 unspecified atom stereocenters. The Balaban J connectivity index is 1.90. The van der Waals surface area contributed by atoms with Gasteiger partial charge < -0.3 is 0 Å². The lowest BCUT2D eigenvalue weighted by Gasteiger charge is -2.22. The molecule has 0 amide bonds. The van der Waals surface area contributed by atoms with E-state index in [0.29, 0.717) is 22.5 Å². The molecule has 182 valence electrons. The van der Waals surface area contributed by atoms with Crippen molar-refractivity contribution in [3.05, 3.63) is 95.1 Å². The molecule has 8 heteroatoms. The summed E-state index contributed by atoms with van der Waals surface area (Å²) in [6.45, 7) is 2.43. The molecule has 36 heavy (non-hydrogen) atoms. The molecular weight excluding hydrogens is 478 g/mol. The van der Waals surface area contributed by atoms with Gasteiger partial charge in [-0.25, -0.2) is 0 Å². The molecule has 5 aromatic rings. The van der Waals surface area contributed by atoms with Gasteiger partial charge in [-0.2, -0.15) is 26.3 Å². The minimum atomic E-state index is -5.21. The number of alkyl halides is 6. The van der Waals surface area contributed by atoms with Crippen LogP contribution in [-0.2, 0) is 12.4 Å². The highest BCUT2D eigenvalue weighted by molar-refractivity contribution is 6.08. The van der Waals surface area contributed by atoms with Gasteiger partial charge in [0.2, 0.25) is 0 Å². The molecule has 0 fully saturated rings. The predicted octanol–water partition coefficient (Wildman–Crippen LogP) is 8.77. The van der Waals surface area contributed by atoms with Crippen LogP contribution in [0, 0.1) is 13.8 Å². The Kier molecular flexibility index (Phi) is 5.50. The molecule has 0 saturated carbocycles. The average Bonchev–Trinajstić information content (AvgIpc) is 2.83. The van der Waals surface area contributed by atoms with Crippen LogP contribution < -0.4 is 0 Å². The first-order valence-corrected chi connectivity index (χ1v) is 11.0. The van der Waals surface area contributed by atoms with Crippen molar-refractivity contribution in [3.8, 4) is 22.5 Å². The number of rotatable bonds is 2. The van der Waals surface area contributed by atoms with Gasteiger partial charge in [-0.15, -0.1) is 10.2 Å². The van der Waals surface area contributed by atoms with Crippen LogP contribution in [0.25, 0.3) is 44.1 Å². The van der Waals surface area contributed by atoms with Crippen LogP contribution in [-0.4, -0.2) is 10.2 Å². The molecule has 0 aliphatic rings. The van der Waals surface area contributed by atoms with Crippen LogP contribution in [0.5, 0.6) is 0 Å². The fraction of sp³-hybridized carbons (Fsp3) is 0.143. The van der Waals surface area contributed by atoms with Gasteiger partial charge in [0.1, 0.15) is 11.4 Å².